The van der Waals surface area contributed by atoms with Crippen LogP contribution in [0.5, 0.6) is 0 Å². The van der Waals surface area contributed by atoms with Crippen LogP contribution in [0.25, 0.3) is 43.6 Å². The normalized spacial score (nSPS) is 11.6. The van der Waals surface area contributed by atoms with Crippen molar-refractivity contribution in [2.45, 2.75) is 13.1 Å². The van der Waals surface area contributed by atoms with Gasteiger partial charge in [0.1, 0.15) is 11.6 Å². The molecular weight excluding hydrogens is 832 g/mol. The van der Waals surface area contributed by atoms with Gasteiger partial charge < -0.3 is 4.57 Å². The first-order chi connectivity index (χ1) is 24.9. The maximum absolute atomic E-state index is 14.9. The molecule has 0 N–H and O–H groups in total. The molecule has 0 fully saturated rings. The van der Waals surface area contributed by atoms with Crippen LogP contribution in [0.1, 0.15) is 11.1 Å². The van der Waals surface area contributed by atoms with Gasteiger partial charge in [0.05, 0.1) is 6.54 Å². The van der Waals surface area contributed by atoms with Gasteiger partial charge in [-0.3, -0.25) is 0 Å². The van der Waals surface area contributed by atoms with E-state index >= 15 is 0 Å². The Morgan fingerprint density at radius 2 is 0.922 bits per heavy atom. The van der Waals surface area contributed by atoms with Crippen molar-refractivity contribution in [3.8, 4) is 0 Å². The van der Waals surface area contributed by atoms with Gasteiger partial charge in [-0.05, 0) is 24.3 Å². The zero-order valence-electron chi connectivity index (χ0n) is 27.4. The number of fused-ring (bicyclic) bond motifs is 6. The van der Waals surface area contributed by atoms with Gasteiger partial charge in [0.25, 0.3) is 0 Å². The van der Waals surface area contributed by atoms with Crippen LogP contribution in [0, 0.1) is 17.5 Å². The Balaban J connectivity index is 1.21. The van der Waals surface area contributed by atoms with Gasteiger partial charge in [0.2, 0.25) is 0 Å². The molecule has 7 heteroatoms. The molecule has 51 heavy (non-hydrogen) atoms. The van der Waals surface area contributed by atoms with Crippen LogP contribution in [-0.4, -0.2) is 34.9 Å². The molecule has 0 radical (unpaired) electrons. The summed E-state index contributed by atoms with van der Waals surface area (Å²) in [5.41, 5.74) is 8.37. The van der Waals surface area contributed by atoms with Gasteiger partial charge in [0.15, 0.2) is 0 Å². The molecule has 9 rings (SSSR count). The number of hydrogen-bond acceptors (Lipinski definition) is 1. The summed E-state index contributed by atoms with van der Waals surface area (Å²) in [5.74, 6) is -1.10. The summed E-state index contributed by atoms with van der Waals surface area (Å²) in [7, 11) is 0. The Morgan fingerprint density at radius 1 is 0.431 bits per heavy atom. The Labute approximate surface area is 308 Å². The number of hydrogen-bond donors (Lipinski definition) is 0. The number of anilines is 3. The third-order valence-corrected chi connectivity index (χ3v) is 12.0. The quantitative estimate of drug-likeness (QED) is 0.146. The minimum absolute atomic E-state index is 0.202. The van der Waals surface area contributed by atoms with Crippen LogP contribution in [0.2, 0.25) is 0 Å². The molecular formula is C44H29F3N3Tl. The van der Waals surface area contributed by atoms with Crippen LogP contribution in [-0.2, 0) is 13.1 Å². The molecule has 0 saturated heterocycles. The van der Waals surface area contributed by atoms with E-state index in [4.69, 9.17) is 0 Å². The Bertz CT molecular complexity index is 2600. The van der Waals surface area contributed by atoms with E-state index in [1.165, 1.54) is 15.3 Å². The number of halogens is 3. The van der Waals surface area contributed by atoms with Crippen LogP contribution in [0.4, 0.5) is 30.2 Å². The monoisotopic (exact) mass is 861 g/mol. The standard InChI is InChI=1S/C44H29F3N3.Tl/c45-31-10-8-9-29(23-31)27-48-41-15-6-4-13-36(41)38-25-34(18-21-43(38)48)50(33-11-2-1-3-12-33)35-19-22-44-39(26-35)37-14-5-7-16-42(37)49(44)28-30-24-32(46)17-20-40(30)47;/h1-8,10-26H,27-28H2;. The molecule has 0 aliphatic carbocycles. The fourth-order valence-corrected chi connectivity index (χ4v) is 8.50. The van der Waals surface area contributed by atoms with Crippen molar-refractivity contribution in [1.82, 2.24) is 9.13 Å². The zero-order valence-corrected chi connectivity index (χ0v) is 31.9. The molecule has 0 spiro atoms. The Morgan fingerprint density at radius 3 is 1.53 bits per heavy atom. The van der Waals surface area contributed by atoms with Crippen molar-refractivity contribution in [3.05, 3.63) is 180 Å². The third kappa shape index (κ3) is 5.58. The maximum atomic E-state index is 14.9. The van der Waals surface area contributed by atoms with Crippen molar-refractivity contribution in [1.29, 1.82) is 0 Å². The van der Waals surface area contributed by atoms with E-state index < -0.39 is 11.6 Å². The summed E-state index contributed by atoms with van der Waals surface area (Å²) in [5, 5.41) is 4.31. The Kier molecular flexibility index (Phi) is 7.91. The molecule has 0 unspecified atom stereocenters. The minimum Gasteiger partial charge on any atom is -0.0184 e. The van der Waals surface area contributed by atoms with Gasteiger partial charge in [-0.1, -0.05) is 24.3 Å². The topological polar surface area (TPSA) is 13.1 Å². The van der Waals surface area contributed by atoms with Gasteiger partial charge in [-0.15, -0.1) is 0 Å². The van der Waals surface area contributed by atoms with Crippen molar-refractivity contribution in [3.63, 3.8) is 0 Å². The van der Waals surface area contributed by atoms with Crippen LogP contribution < -0.4 is 8.02 Å². The number of aromatic nitrogens is 2. The third-order valence-electron chi connectivity index (χ3n) is 9.81. The summed E-state index contributed by atoms with van der Waals surface area (Å²) in [4.78, 5) is 2.26. The van der Waals surface area contributed by atoms with E-state index in [0.29, 0.717) is 37.9 Å². The fraction of sp³-hybridized carbons (Fsp3) is 0.0455. The number of para-hydroxylation sites is 3. The van der Waals surface area contributed by atoms with Crippen molar-refractivity contribution in [2.75, 3.05) is 4.90 Å². The molecule has 0 aliphatic rings. The van der Waals surface area contributed by atoms with E-state index in [0.717, 1.165) is 72.3 Å². The van der Waals surface area contributed by atoms with E-state index in [2.05, 4.69) is 92.9 Å². The first-order valence-corrected chi connectivity index (χ1v) is 19.0. The van der Waals surface area contributed by atoms with Crippen LogP contribution in [0.3, 0.4) is 0 Å². The van der Waals surface area contributed by atoms with E-state index in [-0.39, 0.29) is 12.4 Å². The molecule has 0 amide bonds. The molecule has 0 saturated carbocycles. The van der Waals surface area contributed by atoms with Gasteiger partial charge in [-0.2, -0.15) is 0 Å². The Hall–Kier alpha value is -5.35. The predicted octanol–water partition coefficient (Wildman–Crippen LogP) is 10.7. The number of rotatable bonds is 7. The van der Waals surface area contributed by atoms with Crippen molar-refractivity contribution < 1.29 is 13.2 Å². The molecule has 2 aromatic heterocycles. The molecule has 9 aromatic rings. The second-order valence-electron chi connectivity index (χ2n) is 12.9. The van der Waals surface area contributed by atoms with Crippen molar-refractivity contribution in [2.24, 2.45) is 0 Å². The molecule has 0 aliphatic heterocycles. The number of nitrogens with zero attached hydrogens (tertiary/aromatic N) is 3. The second kappa shape index (κ2) is 12.8. The summed E-state index contributed by atoms with van der Waals surface area (Å²) >= 11 is 0.596. The second-order valence-corrected chi connectivity index (χ2v) is 15.3. The molecule has 244 valence electrons. The molecule has 3 nitrogen and oxygen atoms in total. The molecule has 0 atom stereocenters. The molecule has 0 bridgehead atoms. The average Bonchev–Trinajstić information content (AvgIpc) is 3.63. The summed E-state index contributed by atoms with van der Waals surface area (Å²) in [6.07, 6.45) is 0. The smallest absolute Gasteiger partial charge is 0.0184 e. The first-order valence-electron chi connectivity index (χ1n) is 16.8. The van der Waals surface area contributed by atoms with Crippen LogP contribution in [0.15, 0.2) is 152 Å². The molecule has 2 heterocycles. The van der Waals surface area contributed by atoms with Gasteiger partial charge in [0, 0.05) is 22.0 Å². The zero-order chi connectivity index (χ0) is 34.6. The van der Waals surface area contributed by atoms with E-state index in [1.54, 1.807) is 12.1 Å². The summed E-state index contributed by atoms with van der Waals surface area (Å²) in [6, 6.07) is 48.5. The van der Waals surface area contributed by atoms with Crippen LogP contribution >= 0.6 is 0 Å². The van der Waals surface area contributed by atoms with E-state index in [1.807, 2.05) is 42.5 Å². The first kappa shape index (κ1) is 31.6. The van der Waals surface area contributed by atoms with E-state index in [9.17, 15) is 13.2 Å². The SMILES string of the molecule is Fc1ccc(F)c(Cn2c3ccccc3c3cc(N(c4ccccc4)c4ccc5c(c4)c4ccccc4n5Cc4cc(F)cc[c]4[Tl])ccc32)c1. The predicted molar refractivity (Wildman–Crippen MR) is 203 cm³/mol. The minimum atomic E-state index is -0.459. The van der Waals surface area contributed by atoms with Gasteiger partial charge in [-0.25, -0.2) is 8.78 Å². The van der Waals surface area contributed by atoms with Gasteiger partial charge >= 0.3 is 208 Å². The summed E-state index contributed by atoms with van der Waals surface area (Å²) < 4.78 is 49.0. The summed E-state index contributed by atoms with van der Waals surface area (Å²) in [6.45, 7) is 0.795. The fourth-order valence-electron chi connectivity index (χ4n) is 7.44. The molecule has 7 aromatic carbocycles. The average molecular weight is 861 g/mol. The van der Waals surface area contributed by atoms with Crippen molar-refractivity contribution >= 4 is 89.6 Å². The number of benzene rings is 7.